The van der Waals surface area contributed by atoms with E-state index in [1.165, 1.54) is 6.07 Å². The molecule has 0 aliphatic heterocycles. The maximum Gasteiger partial charge on any atom is 0.203 e. The molecule has 116 valence electrons. The van der Waals surface area contributed by atoms with Crippen molar-refractivity contribution in [2.75, 3.05) is 0 Å². The highest BCUT2D eigenvalue weighted by molar-refractivity contribution is 5.93. The number of benzene rings is 1. The number of aryl methyl sites for hydroxylation is 1. The molecule has 0 saturated heterocycles. The first-order valence-electron chi connectivity index (χ1n) is 6.78. The summed E-state index contributed by atoms with van der Waals surface area (Å²) in [6.45, 7) is 1.73. The first kappa shape index (κ1) is 15.2. The lowest BCUT2D eigenvalue weighted by molar-refractivity contribution is 0.639. The highest BCUT2D eigenvalue weighted by Crippen LogP contribution is 2.21. The second-order valence-corrected chi connectivity index (χ2v) is 5.03. The molecule has 23 heavy (non-hydrogen) atoms. The van der Waals surface area contributed by atoms with Crippen molar-refractivity contribution in [3.63, 3.8) is 0 Å². The number of hydrogen-bond acceptors (Lipinski definition) is 3. The third-order valence-corrected chi connectivity index (χ3v) is 3.65. The molecule has 0 unspecified atom stereocenters. The third kappa shape index (κ3) is 2.19. The molecule has 1 N–H and O–H groups in total. The molecule has 4 rings (SSSR count). The van der Waals surface area contributed by atoms with Gasteiger partial charge in [0.2, 0.25) is 5.43 Å². The number of fused-ring (bicyclic) bond motifs is 2. The van der Waals surface area contributed by atoms with Crippen molar-refractivity contribution < 1.29 is 4.39 Å². The molecule has 3 aromatic heterocycles. The van der Waals surface area contributed by atoms with Crippen LogP contribution in [0.2, 0.25) is 0 Å². The van der Waals surface area contributed by atoms with Gasteiger partial charge in [-0.2, -0.15) is 9.78 Å². The van der Waals surface area contributed by atoms with Crippen molar-refractivity contribution in [1.29, 1.82) is 0 Å². The summed E-state index contributed by atoms with van der Waals surface area (Å²) in [4.78, 5) is 20.0. The van der Waals surface area contributed by atoms with Gasteiger partial charge in [0.05, 0.1) is 22.0 Å². The number of nitrogens with zero attached hydrogens (tertiary/aromatic N) is 3. The van der Waals surface area contributed by atoms with E-state index >= 15 is 0 Å². The van der Waals surface area contributed by atoms with Crippen molar-refractivity contribution in [2.24, 2.45) is 0 Å². The number of rotatable bonds is 1. The second kappa shape index (κ2) is 5.48. The van der Waals surface area contributed by atoms with Gasteiger partial charge in [0.1, 0.15) is 11.5 Å². The molecule has 0 bridgehead atoms. The zero-order valence-electron chi connectivity index (χ0n) is 12.1. The number of H-pyrrole nitrogens is 1. The largest absolute Gasteiger partial charge is 0.339 e. The van der Waals surface area contributed by atoms with Crippen molar-refractivity contribution in [3.05, 3.63) is 64.3 Å². The molecule has 0 radical (unpaired) electrons. The van der Waals surface area contributed by atoms with Crippen LogP contribution >= 0.6 is 12.4 Å². The smallest absolute Gasteiger partial charge is 0.203 e. The van der Waals surface area contributed by atoms with E-state index in [0.29, 0.717) is 28.1 Å². The van der Waals surface area contributed by atoms with Crippen LogP contribution in [-0.2, 0) is 0 Å². The van der Waals surface area contributed by atoms with Gasteiger partial charge in [0.15, 0.2) is 5.82 Å². The van der Waals surface area contributed by atoms with Gasteiger partial charge >= 0.3 is 0 Å². The van der Waals surface area contributed by atoms with E-state index in [9.17, 15) is 9.18 Å². The Kier molecular flexibility index (Phi) is 3.61. The minimum absolute atomic E-state index is 0. The molecule has 7 heteroatoms. The number of pyridine rings is 2. The fourth-order valence-electron chi connectivity index (χ4n) is 2.67. The lowest BCUT2D eigenvalue weighted by atomic mass is 10.1. The highest BCUT2D eigenvalue weighted by atomic mass is 35.5. The van der Waals surface area contributed by atoms with Crippen LogP contribution in [-0.4, -0.2) is 19.7 Å². The third-order valence-electron chi connectivity index (χ3n) is 3.65. The lowest BCUT2D eigenvalue weighted by Crippen LogP contribution is -2.07. The average Bonchev–Trinajstić information content (AvgIpc) is 2.85. The van der Waals surface area contributed by atoms with Gasteiger partial charge in [0, 0.05) is 6.20 Å². The van der Waals surface area contributed by atoms with Gasteiger partial charge in [-0.15, -0.1) is 12.4 Å². The average molecular weight is 331 g/mol. The topological polar surface area (TPSA) is 63.6 Å². The monoisotopic (exact) mass is 330 g/mol. The highest BCUT2D eigenvalue weighted by Gasteiger charge is 2.17. The van der Waals surface area contributed by atoms with E-state index in [4.69, 9.17) is 0 Å². The zero-order chi connectivity index (χ0) is 15.3. The molecule has 0 aliphatic carbocycles. The predicted molar refractivity (Wildman–Crippen MR) is 88.9 cm³/mol. The summed E-state index contributed by atoms with van der Waals surface area (Å²) in [5, 5.41) is 4.81. The fourth-order valence-corrected chi connectivity index (χ4v) is 2.67. The molecule has 5 nitrogen and oxygen atoms in total. The van der Waals surface area contributed by atoms with E-state index < -0.39 is 5.82 Å². The molecule has 4 aromatic rings. The Morgan fingerprint density at radius 3 is 2.70 bits per heavy atom. The van der Waals surface area contributed by atoms with Crippen LogP contribution in [0.3, 0.4) is 0 Å². The minimum Gasteiger partial charge on any atom is -0.339 e. The number of hydrogen-bond donors (Lipinski definition) is 1. The maximum atomic E-state index is 14.0. The first-order chi connectivity index (χ1) is 10.7. The zero-order valence-corrected chi connectivity index (χ0v) is 12.9. The Balaban J connectivity index is 0.00000156. The van der Waals surface area contributed by atoms with Crippen molar-refractivity contribution >= 4 is 34.3 Å². The fraction of sp³-hybridized carbons (Fsp3) is 0.0625. The maximum absolute atomic E-state index is 14.0. The Hall–Kier alpha value is -2.73. The molecule has 0 atom stereocenters. The summed E-state index contributed by atoms with van der Waals surface area (Å²) < 4.78 is 15.5. The summed E-state index contributed by atoms with van der Waals surface area (Å²) in [5.41, 5.74) is 1.13. The normalized spacial score (nSPS) is 10.9. The Morgan fingerprint density at radius 1 is 1.13 bits per heavy atom. The Labute approximate surface area is 136 Å². The van der Waals surface area contributed by atoms with Gasteiger partial charge < -0.3 is 4.98 Å². The van der Waals surface area contributed by atoms with Crippen LogP contribution < -0.4 is 5.43 Å². The molecular formula is C16H12ClFN4O. The Bertz CT molecular complexity index is 1070. The van der Waals surface area contributed by atoms with E-state index in [2.05, 4.69) is 15.1 Å². The summed E-state index contributed by atoms with van der Waals surface area (Å²) in [6, 6.07) is 9.94. The number of halogens is 2. The quantitative estimate of drug-likeness (QED) is 0.583. The van der Waals surface area contributed by atoms with Gasteiger partial charge in [0.25, 0.3) is 0 Å². The van der Waals surface area contributed by atoms with Crippen LogP contribution in [0.25, 0.3) is 27.8 Å². The molecule has 3 heterocycles. The number of nitrogens with one attached hydrogen (secondary N) is 1. The van der Waals surface area contributed by atoms with Gasteiger partial charge in [-0.3, -0.25) is 4.79 Å². The Morgan fingerprint density at radius 2 is 1.96 bits per heavy atom. The predicted octanol–water partition coefficient (Wildman–Crippen LogP) is 3.13. The van der Waals surface area contributed by atoms with Gasteiger partial charge in [-0.1, -0.05) is 12.1 Å². The van der Waals surface area contributed by atoms with Crippen molar-refractivity contribution in [3.8, 4) is 5.82 Å². The summed E-state index contributed by atoms with van der Waals surface area (Å²) in [7, 11) is 0. The van der Waals surface area contributed by atoms with Crippen LogP contribution in [0.15, 0.2) is 47.4 Å². The van der Waals surface area contributed by atoms with Crippen LogP contribution in [0.4, 0.5) is 4.39 Å². The minimum atomic E-state index is -0.536. The molecule has 1 aromatic carbocycles. The van der Waals surface area contributed by atoms with E-state index in [1.54, 1.807) is 42.1 Å². The van der Waals surface area contributed by atoms with Gasteiger partial charge in [-0.05, 0) is 31.2 Å². The van der Waals surface area contributed by atoms with Crippen LogP contribution in [0.1, 0.15) is 5.69 Å². The molecule has 0 spiro atoms. The van der Waals surface area contributed by atoms with E-state index in [-0.39, 0.29) is 23.2 Å². The number of aromatic nitrogens is 4. The summed E-state index contributed by atoms with van der Waals surface area (Å²) in [6.07, 6.45) is 1.65. The van der Waals surface area contributed by atoms with Gasteiger partial charge in [-0.25, -0.2) is 9.37 Å². The summed E-state index contributed by atoms with van der Waals surface area (Å²) in [5.74, 6) is 0.0534. The standard InChI is InChI=1S/C16H11FN4O.ClH/c1-9-13-15(22)14-10(17)5-4-6-11(14)19-16(13)21(20-9)12-7-2-3-8-18-12;/h2-8H,1H3,(H,19,22);1H. The molecule has 0 amide bonds. The lowest BCUT2D eigenvalue weighted by Gasteiger charge is -2.04. The van der Waals surface area contributed by atoms with Crippen molar-refractivity contribution in [1.82, 2.24) is 19.7 Å². The SMILES string of the molecule is Cc1nn(-c2ccccn2)c2[nH]c3cccc(F)c3c(=O)c12.Cl. The van der Waals surface area contributed by atoms with E-state index in [0.717, 1.165) is 0 Å². The first-order valence-corrected chi connectivity index (χ1v) is 6.78. The second-order valence-electron chi connectivity index (χ2n) is 5.03. The van der Waals surface area contributed by atoms with Crippen molar-refractivity contribution in [2.45, 2.75) is 6.92 Å². The van der Waals surface area contributed by atoms with E-state index in [1.807, 2.05) is 6.07 Å². The molecule has 0 aliphatic rings. The van der Waals surface area contributed by atoms with Crippen LogP contribution in [0.5, 0.6) is 0 Å². The van der Waals surface area contributed by atoms with Crippen LogP contribution in [0, 0.1) is 12.7 Å². The molecule has 0 saturated carbocycles. The summed E-state index contributed by atoms with van der Waals surface area (Å²) >= 11 is 0. The molecule has 0 fully saturated rings. The molecular weight excluding hydrogens is 319 g/mol. The number of aromatic amines is 1.